The van der Waals surface area contributed by atoms with E-state index in [-0.39, 0.29) is 24.7 Å². The Morgan fingerprint density at radius 2 is 2.00 bits per heavy atom. The van der Waals surface area contributed by atoms with Crippen molar-refractivity contribution in [3.63, 3.8) is 0 Å². The number of rotatable bonds is 3. The molecule has 4 unspecified atom stereocenters. The van der Waals surface area contributed by atoms with Crippen LogP contribution in [-0.4, -0.2) is 48.6 Å². The van der Waals surface area contributed by atoms with Gasteiger partial charge in [0.2, 0.25) is 0 Å². The van der Waals surface area contributed by atoms with E-state index in [1.54, 1.807) is 0 Å². The molecule has 2 aliphatic heterocycles. The molecule has 0 aromatic rings. The van der Waals surface area contributed by atoms with Gasteiger partial charge in [-0.05, 0) is 0 Å². The highest BCUT2D eigenvalue weighted by Gasteiger charge is 2.47. The Kier molecular flexibility index (Phi) is 3.11. The molecule has 0 spiro atoms. The van der Waals surface area contributed by atoms with Crippen LogP contribution in [0.15, 0.2) is 0 Å². The Bertz CT molecular complexity index is 302. The van der Waals surface area contributed by atoms with Crippen molar-refractivity contribution < 1.29 is 28.9 Å². The molecule has 0 saturated carbocycles. The molecule has 16 heavy (non-hydrogen) atoms. The molecule has 6 nitrogen and oxygen atoms in total. The first kappa shape index (κ1) is 11.3. The summed E-state index contributed by atoms with van der Waals surface area (Å²) in [5.41, 5.74) is 0. The molecule has 0 aromatic carbocycles. The number of hydrogen-bond acceptors (Lipinski definition) is 5. The van der Waals surface area contributed by atoms with E-state index in [2.05, 4.69) is 0 Å². The van der Waals surface area contributed by atoms with E-state index in [0.717, 1.165) is 0 Å². The van der Waals surface area contributed by atoms with Gasteiger partial charge in [0.25, 0.3) is 0 Å². The Morgan fingerprint density at radius 3 is 2.69 bits per heavy atom. The first-order valence-corrected chi connectivity index (χ1v) is 5.22. The molecule has 2 aliphatic rings. The lowest BCUT2D eigenvalue weighted by Crippen LogP contribution is -2.33. The third-order valence-corrected chi connectivity index (χ3v) is 2.83. The van der Waals surface area contributed by atoms with E-state index in [1.807, 2.05) is 6.92 Å². The molecule has 90 valence electrons. The van der Waals surface area contributed by atoms with Crippen molar-refractivity contribution in [3.05, 3.63) is 0 Å². The second kappa shape index (κ2) is 4.39. The van der Waals surface area contributed by atoms with Gasteiger partial charge in [-0.3, -0.25) is 9.59 Å². The summed E-state index contributed by atoms with van der Waals surface area (Å²) in [5, 5.41) is 8.42. The number of ether oxygens (including phenoxy) is 3. The third kappa shape index (κ3) is 2.17. The highest BCUT2D eigenvalue weighted by molar-refractivity contribution is 5.90. The van der Waals surface area contributed by atoms with Gasteiger partial charge in [-0.1, -0.05) is 6.92 Å². The first-order valence-electron chi connectivity index (χ1n) is 5.22. The molecule has 2 heterocycles. The zero-order valence-corrected chi connectivity index (χ0v) is 8.92. The van der Waals surface area contributed by atoms with Crippen LogP contribution in [0.4, 0.5) is 0 Å². The topological polar surface area (TPSA) is 82.1 Å². The first-order chi connectivity index (χ1) is 7.58. The van der Waals surface area contributed by atoms with E-state index in [0.29, 0.717) is 6.61 Å². The van der Waals surface area contributed by atoms with Gasteiger partial charge in [0.15, 0.2) is 6.10 Å². The predicted molar refractivity (Wildman–Crippen MR) is 50.8 cm³/mol. The fourth-order valence-electron chi connectivity index (χ4n) is 2.09. The number of carboxylic acids is 1. The van der Waals surface area contributed by atoms with Gasteiger partial charge < -0.3 is 19.3 Å². The number of carbonyl (C=O) groups is 2. The van der Waals surface area contributed by atoms with Gasteiger partial charge in [0.05, 0.1) is 19.3 Å². The second-order valence-corrected chi connectivity index (χ2v) is 4.17. The number of carbonyl (C=O) groups excluding carboxylic acids is 1. The van der Waals surface area contributed by atoms with E-state index >= 15 is 0 Å². The van der Waals surface area contributed by atoms with Crippen LogP contribution in [0.1, 0.15) is 13.3 Å². The van der Waals surface area contributed by atoms with Gasteiger partial charge in [0, 0.05) is 5.92 Å². The fourth-order valence-corrected chi connectivity index (χ4v) is 2.09. The van der Waals surface area contributed by atoms with Crippen molar-refractivity contribution in [2.45, 2.75) is 31.7 Å². The van der Waals surface area contributed by atoms with Crippen LogP contribution in [-0.2, 0) is 23.8 Å². The van der Waals surface area contributed by atoms with Crippen LogP contribution in [0.25, 0.3) is 0 Å². The van der Waals surface area contributed by atoms with Crippen LogP contribution in [0, 0.1) is 5.92 Å². The summed E-state index contributed by atoms with van der Waals surface area (Å²) in [5.74, 6) is -1.65. The molecular weight excluding hydrogens is 216 g/mol. The lowest BCUT2D eigenvalue weighted by Gasteiger charge is -2.16. The minimum Gasteiger partial charge on any atom is -0.481 e. The smallest absolute Gasteiger partial charge is 0.317 e. The van der Waals surface area contributed by atoms with Crippen LogP contribution in [0.3, 0.4) is 0 Å². The number of hydrogen-bond donors (Lipinski definition) is 1. The number of fused-ring (bicyclic) bond motifs is 1. The zero-order valence-electron chi connectivity index (χ0n) is 8.92. The van der Waals surface area contributed by atoms with E-state index in [9.17, 15) is 9.59 Å². The van der Waals surface area contributed by atoms with Crippen LogP contribution in [0.5, 0.6) is 0 Å². The third-order valence-electron chi connectivity index (χ3n) is 2.83. The van der Waals surface area contributed by atoms with Crippen molar-refractivity contribution in [1.82, 2.24) is 0 Å². The lowest BCUT2D eigenvalue weighted by atomic mass is 10.0. The Labute approximate surface area is 92.5 Å². The zero-order chi connectivity index (χ0) is 11.7. The molecule has 4 atom stereocenters. The van der Waals surface area contributed by atoms with Crippen molar-refractivity contribution in [2.75, 3.05) is 13.2 Å². The lowest BCUT2D eigenvalue weighted by molar-refractivity contribution is -0.158. The van der Waals surface area contributed by atoms with Gasteiger partial charge in [-0.25, -0.2) is 0 Å². The maximum Gasteiger partial charge on any atom is 0.317 e. The molecule has 1 N–H and O–H groups in total. The van der Waals surface area contributed by atoms with Crippen LogP contribution in [0.2, 0.25) is 0 Å². The Hall–Kier alpha value is -1.14. The maximum atomic E-state index is 11.2. The monoisotopic (exact) mass is 230 g/mol. The van der Waals surface area contributed by atoms with Gasteiger partial charge >= 0.3 is 11.9 Å². The normalized spacial score (nSPS) is 37.1. The SMILES string of the molecule is CC1COC2C(OC(=O)CC(=O)O)COC12. The summed E-state index contributed by atoms with van der Waals surface area (Å²) in [6.45, 7) is 2.87. The summed E-state index contributed by atoms with van der Waals surface area (Å²) >= 11 is 0. The fraction of sp³-hybridized carbons (Fsp3) is 0.800. The van der Waals surface area contributed by atoms with E-state index in [4.69, 9.17) is 19.3 Å². The number of aliphatic carboxylic acids is 1. The molecule has 2 rings (SSSR count). The van der Waals surface area contributed by atoms with E-state index in [1.165, 1.54) is 0 Å². The van der Waals surface area contributed by atoms with Gasteiger partial charge in [-0.15, -0.1) is 0 Å². The van der Waals surface area contributed by atoms with Crippen LogP contribution < -0.4 is 0 Å². The standard InChI is InChI=1S/C10H14O6/c1-5-3-14-10-6(4-15-9(5)10)16-8(13)2-7(11)12/h5-6,9-10H,2-4H2,1H3,(H,11,12). The van der Waals surface area contributed by atoms with Crippen molar-refractivity contribution in [1.29, 1.82) is 0 Å². The molecular formula is C10H14O6. The second-order valence-electron chi connectivity index (χ2n) is 4.17. The molecule has 0 aliphatic carbocycles. The molecule has 0 radical (unpaired) electrons. The number of carboxylic acid groups (broad SMARTS) is 1. The summed E-state index contributed by atoms with van der Waals surface area (Å²) in [4.78, 5) is 21.5. The van der Waals surface area contributed by atoms with Crippen molar-refractivity contribution in [3.8, 4) is 0 Å². The average Bonchev–Trinajstić information content (AvgIpc) is 2.70. The highest BCUT2D eigenvalue weighted by atomic mass is 16.6. The van der Waals surface area contributed by atoms with Crippen molar-refractivity contribution in [2.24, 2.45) is 5.92 Å². The molecule has 2 saturated heterocycles. The quantitative estimate of drug-likeness (QED) is 0.534. The minimum atomic E-state index is -1.19. The molecule has 6 heteroatoms. The Balaban J connectivity index is 1.87. The molecule has 0 aromatic heterocycles. The average molecular weight is 230 g/mol. The predicted octanol–water partition coefficient (Wildman–Crippen LogP) is -0.193. The van der Waals surface area contributed by atoms with E-state index < -0.39 is 24.5 Å². The summed E-state index contributed by atoms with van der Waals surface area (Å²) in [6, 6.07) is 0. The van der Waals surface area contributed by atoms with Gasteiger partial charge in [-0.2, -0.15) is 0 Å². The summed E-state index contributed by atoms with van der Waals surface area (Å²) in [6.07, 6.45) is -1.37. The highest BCUT2D eigenvalue weighted by Crippen LogP contribution is 2.32. The molecule has 2 fully saturated rings. The number of esters is 1. The van der Waals surface area contributed by atoms with Crippen LogP contribution >= 0.6 is 0 Å². The molecule has 0 amide bonds. The Morgan fingerprint density at radius 1 is 1.31 bits per heavy atom. The maximum absolute atomic E-state index is 11.2. The minimum absolute atomic E-state index is 0.0392. The van der Waals surface area contributed by atoms with Crippen molar-refractivity contribution >= 4 is 11.9 Å². The van der Waals surface area contributed by atoms with Gasteiger partial charge in [0.1, 0.15) is 12.5 Å². The summed E-state index contributed by atoms with van der Waals surface area (Å²) < 4.78 is 15.9. The molecule has 0 bridgehead atoms. The summed E-state index contributed by atoms with van der Waals surface area (Å²) in [7, 11) is 0. The largest absolute Gasteiger partial charge is 0.481 e.